The molecule has 2 N–H and O–H groups in total. The number of alkyl halides is 3. The number of nitrogens with one attached hydrogen (secondary N) is 2. The van der Waals surface area contributed by atoms with E-state index < -0.39 is 21.6 Å². The van der Waals surface area contributed by atoms with Crippen molar-refractivity contribution in [3.05, 3.63) is 35.5 Å². The van der Waals surface area contributed by atoms with E-state index in [0.29, 0.717) is 16.9 Å². The maximum Gasteiger partial charge on any atom is 0.447 e. The number of thiazole rings is 1. The van der Waals surface area contributed by atoms with Crippen molar-refractivity contribution < 1.29 is 26.4 Å². The van der Waals surface area contributed by atoms with Crippen molar-refractivity contribution in [1.29, 1.82) is 0 Å². The number of anilines is 1. The summed E-state index contributed by atoms with van der Waals surface area (Å²) in [5.74, 6) is 0. The first-order valence-corrected chi connectivity index (χ1v) is 9.71. The molecule has 1 heterocycles. The highest BCUT2D eigenvalue weighted by atomic mass is 32.2. The average Bonchev–Trinajstić information content (AvgIpc) is 2.75. The second kappa shape index (κ2) is 7.22. The van der Waals surface area contributed by atoms with Gasteiger partial charge in [-0.2, -0.15) is 13.2 Å². The number of aryl methyl sites for hydroxylation is 2. The zero-order chi connectivity index (χ0) is 18.8. The number of rotatable bonds is 4. The van der Waals surface area contributed by atoms with E-state index in [-0.39, 0.29) is 31.7 Å². The fourth-order valence-corrected chi connectivity index (χ4v) is 4.52. The fraction of sp³-hybridized carbons (Fsp3) is 0.231. The molecule has 25 heavy (non-hydrogen) atoms. The number of sulfonamides is 1. The second-order valence-electron chi connectivity index (χ2n) is 4.82. The first-order chi connectivity index (χ1) is 11.5. The number of urea groups is 1. The highest BCUT2D eigenvalue weighted by molar-refractivity contribution is 8.02. The minimum absolute atomic E-state index is 0.0872. The Labute approximate surface area is 149 Å². The highest BCUT2D eigenvalue weighted by Crippen LogP contribution is 2.42. The molecule has 0 saturated carbocycles. The lowest BCUT2D eigenvalue weighted by Crippen LogP contribution is -2.34. The van der Waals surface area contributed by atoms with Gasteiger partial charge in [0.2, 0.25) is 0 Å². The number of benzene rings is 1. The molecule has 2 rings (SSSR count). The van der Waals surface area contributed by atoms with E-state index in [1.807, 2.05) is 0 Å². The van der Waals surface area contributed by atoms with E-state index in [1.165, 1.54) is 25.1 Å². The zero-order valence-corrected chi connectivity index (χ0v) is 15.3. The topological polar surface area (TPSA) is 88.2 Å². The van der Waals surface area contributed by atoms with Gasteiger partial charge in [0.25, 0.3) is 10.0 Å². The van der Waals surface area contributed by atoms with E-state index in [1.54, 1.807) is 17.7 Å². The first-order valence-electron chi connectivity index (χ1n) is 6.60. The summed E-state index contributed by atoms with van der Waals surface area (Å²) in [6.07, 6.45) is 0. The minimum Gasteiger partial charge on any atom is -0.283 e. The van der Waals surface area contributed by atoms with E-state index in [2.05, 4.69) is 10.3 Å². The quantitative estimate of drug-likeness (QED) is 0.746. The molecule has 12 heteroatoms. The van der Waals surface area contributed by atoms with Crippen LogP contribution in [0.15, 0.2) is 33.4 Å². The summed E-state index contributed by atoms with van der Waals surface area (Å²) in [6.45, 7) is 3.05. The molecular weight excluding hydrogens is 399 g/mol. The molecule has 0 atom stereocenters. The molecule has 1 aromatic carbocycles. The highest BCUT2D eigenvalue weighted by Gasteiger charge is 2.31. The Morgan fingerprint density at radius 3 is 2.56 bits per heavy atom. The lowest BCUT2D eigenvalue weighted by atomic mass is 10.2. The fourth-order valence-electron chi connectivity index (χ4n) is 1.72. The van der Waals surface area contributed by atoms with E-state index in [0.717, 1.165) is 0 Å². The molecule has 2 aromatic rings. The van der Waals surface area contributed by atoms with Crippen LogP contribution in [0.2, 0.25) is 0 Å². The van der Waals surface area contributed by atoms with Crippen molar-refractivity contribution in [3.8, 4) is 0 Å². The molecule has 0 aliphatic heterocycles. The number of hydrogen-bond donors (Lipinski definition) is 2. The molecule has 0 radical (unpaired) electrons. The Morgan fingerprint density at radius 2 is 1.96 bits per heavy atom. The molecule has 0 fully saturated rings. The largest absolute Gasteiger partial charge is 0.447 e. The van der Waals surface area contributed by atoms with Crippen molar-refractivity contribution >= 4 is 44.3 Å². The predicted octanol–water partition coefficient (Wildman–Crippen LogP) is 3.88. The van der Waals surface area contributed by atoms with Crippen molar-refractivity contribution in [2.45, 2.75) is 28.5 Å². The molecule has 0 aliphatic rings. The van der Waals surface area contributed by atoms with Crippen LogP contribution in [-0.2, 0) is 10.0 Å². The van der Waals surface area contributed by atoms with Gasteiger partial charge in [-0.05, 0) is 43.3 Å². The lowest BCUT2D eigenvalue weighted by Gasteiger charge is -2.07. The van der Waals surface area contributed by atoms with Crippen LogP contribution >= 0.6 is 23.1 Å². The van der Waals surface area contributed by atoms with Crippen LogP contribution in [0.4, 0.5) is 23.1 Å². The SMILES string of the molecule is Cc1cccc(S(=O)(=O)NC(=O)Nc2nc(C)c(SC(F)(F)F)s2)c1. The summed E-state index contributed by atoms with van der Waals surface area (Å²) in [5, 5.41) is 1.99. The van der Waals surface area contributed by atoms with E-state index in [4.69, 9.17) is 0 Å². The Bertz CT molecular complexity index is 895. The van der Waals surface area contributed by atoms with E-state index in [9.17, 15) is 26.4 Å². The number of halogens is 3. The molecule has 0 bridgehead atoms. The number of carbonyl (C=O) groups is 1. The first kappa shape index (κ1) is 19.5. The number of carbonyl (C=O) groups excluding carboxylic acids is 1. The van der Waals surface area contributed by atoms with Gasteiger partial charge in [-0.3, -0.25) is 5.32 Å². The van der Waals surface area contributed by atoms with Gasteiger partial charge in [0.05, 0.1) is 14.8 Å². The number of nitrogens with zero attached hydrogens (tertiary/aromatic N) is 1. The predicted molar refractivity (Wildman–Crippen MR) is 89.3 cm³/mol. The van der Waals surface area contributed by atoms with Crippen LogP contribution in [0.3, 0.4) is 0 Å². The average molecular weight is 411 g/mol. The second-order valence-corrected chi connectivity index (χ2v) is 8.83. The van der Waals surface area contributed by atoms with Crippen molar-refractivity contribution in [2.75, 3.05) is 5.32 Å². The van der Waals surface area contributed by atoms with Gasteiger partial charge in [-0.25, -0.2) is 22.9 Å². The maximum absolute atomic E-state index is 12.4. The summed E-state index contributed by atoms with van der Waals surface area (Å²) in [5.41, 5.74) is -3.71. The van der Waals surface area contributed by atoms with Gasteiger partial charge in [-0.15, -0.1) is 0 Å². The van der Waals surface area contributed by atoms with Crippen molar-refractivity contribution in [1.82, 2.24) is 9.71 Å². The van der Waals surface area contributed by atoms with Crippen LogP contribution in [0.1, 0.15) is 11.3 Å². The van der Waals surface area contributed by atoms with Crippen LogP contribution < -0.4 is 10.0 Å². The summed E-state index contributed by atoms with van der Waals surface area (Å²) in [6, 6.07) is 4.79. The van der Waals surface area contributed by atoms with Gasteiger partial charge >= 0.3 is 11.5 Å². The minimum atomic E-state index is -4.48. The molecular formula is C13H12F3N3O3S3. The third-order valence-corrected chi connectivity index (χ3v) is 6.12. The van der Waals surface area contributed by atoms with Gasteiger partial charge in [-0.1, -0.05) is 23.5 Å². The number of thioether (sulfide) groups is 1. The molecule has 0 aliphatic carbocycles. The summed E-state index contributed by atoms with van der Waals surface area (Å²) >= 11 is 0.257. The standard InChI is InChI=1S/C13H12F3N3O3S3/c1-7-4-3-5-9(6-7)25(21,22)19-11(20)18-12-17-8(2)10(23-12)24-13(14,15)16/h3-6H,1-2H3,(H2,17,18,19,20). The molecule has 2 amide bonds. The zero-order valence-electron chi connectivity index (χ0n) is 12.8. The molecule has 0 saturated heterocycles. The molecule has 1 aromatic heterocycles. The maximum atomic E-state index is 12.4. The monoisotopic (exact) mass is 411 g/mol. The Kier molecular flexibility index (Phi) is 5.64. The lowest BCUT2D eigenvalue weighted by molar-refractivity contribution is -0.0327. The van der Waals surface area contributed by atoms with Gasteiger partial charge < -0.3 is 0 Å². The molecule has 0 unspecified atom stereocenters. The van der Waals surface area contributed by atoms with Crippen molar-refractivity contribution in [3.63, 3.8) is 0 Å². The molecule has 0 spiro atoms. The number of aromatic nitrogens is 1. The summed E-state index contributed by atoms with van der Waals surface area (Å²) in [7, 11) is -4.10. The van der Waals surface area contributed by atoms with E-state index >= 15 is 0 Å². The molecule has 6 nitrogen and oxygen atoms in total. The Morgan fingerprint density at radius 1 is 1.28 bits per heavy atom. The Balaban J connectivity index is 2.09. The smallest absolute Gasteiger partial charge is 0.283 e. The van der Waals surface area contributed by atoms with Crippen LogP contribution in [0, 0.1) is 13.8 Å². The third kappa shape index (κ3) is 5.61. The number of hydrogen-bond acceptors (Lipinski definition) is 6. The Hall–Kier alpha value is -1.79. The number of amides is 2. The summed E-state index contributed by atoms with van der Waals surface area (Å²) < 4.78 is 63.1. The molecule has 136 valence electrons. The van der Waals surface area contributed by atoms with Gasteiger partial charge in [0, 0.05) is 0 Å². The van der Waals surface area contributed by atoms with Crippen LogP contribution in [-0.4, -0.2) is 24.9 Å². The van der Waals surface area contributed by atoms with Crippen LogP contribution in [0.25, 0.3) is 0 Å². The van der Waals surface area contributed by atoms with Crippen LogP contribution in [0.5, 0.6) is 0 Å². The van der Waals surface area contributed by atoms with Gasteiger partial charge in [0.15, 0.2) is 5.13 Å². The summed E-state index contributed by atoms with van der Waals surface area (Å²) in [4.78, 5) is 15.5. The van der Waals surface area contributed by atoms with Crippen molar-refractivity contribution in [2.24, 2.45) is 0 Å². The van der Waals surface area contributed by atoms with Gasteiger partial charge in [0.1, 0.15) is 0 Å². The normalized spacial score (nSPS) is 12.0. The third-order valence-electron chi connectivity index (χ3n) is 2.71.